The Kier molecular flexibility index (Phi) is 6.93. The molecule has 0 aromatic rings. The van der Waals surface area contributed by atoms with Crippen LogP contribution in [0.4, 0.5) is 0 Å². The van der Waals surface area contributed by atoms with E-state index in [0.29, 0.717) is 12.3 Å². The van der Waals surface area contributed by atoms with Crippen molar-refractivity contribution in [2.24, 2.45) is 11.7 Å². The second-order valence-corrected chi connectivity index (χ2v) is 4.04. The van der Waals surface area contributed by atoms with Gasteiger partial charge < -0.3 is 10.8 Å². The lowest BCUT2D eigenvalue weighted by atomic mass is 9.93. The molecular formula is C10H20ClNO2. The van der Waals surface area contributed by atoms with Gasteiger partial charge in [-0.3, -0.25) is 4.79 Å². The zero-order valence-corrected chi connectivity index (χ0v) is 9.26. The summed E-state index contributed by atoms with van der Waals surface area (Å²) in [4.78, 5) is 10.5. The number of aliphatic carboxylic acids is 1. The van der Waals surface area contributed by atoms with Crippen LogP contribution in [-0.2, 0) is 4.79 Å². The first kappa shape index (κ1) is 13.7. The molecule has 4 heteroatoms. The maximum Gasteiger partial charge on any atom is 0.320 e. The zero-order valence-electron chi connectivity index (χ0n) is 8.45. The van der Waals surface area contributed by atoms with E-state index in [-0.39, 0.29) is 12.4 Å². The molecule has 84 valence electrons. The first-order valence-electron chi connectivity index (χ1n) is 5.18. The molecule has 3 nitrogen and oxygen atoms in total. The molecule has 0 unspecified atom stereocenters. The summed E-state index contributed by atoms with van der Waals surface area (Å²) in [5.41, 5.74) is 5.50. The van der Waals surface area contributed by atoms with Crippen LogP contribution in [0.25, 0.3) is 0 Å². The van der Waals surface area contributed by atoms with Gasteiger partial charge in [0.05, 0.1) is 0 Å². The van der Waals surface area contributed by atoms with Crippen molar-refractivity contribution in [3.05, 3.63) is 0 Å². The van der Waals surface area contributed by atoms with Crippen LogP contribution < -0.4 is 5.73 Å². The predicted octanol–water partition coefficient (Wildman–Crippen LogP) is 2.18. The number of hydrogen-bond donors (Lipinski definition) is 2. The van der Waals surface area contributed by atoms with Crippen molar-refractivity contribution < 1.29 is 9.90 Å². The average molecular weight is 222 g/mol. The average Bonchev–Trinajstić information content (AvgIpc) is 2.32. The van der Waals surface area contributed by atoms with Gasteiger partial charge in [-0.15, -0.1) is 12.4 Å². The van der Waals surface area contributed by atoms with Crippen LogP contribution >= 0.6 is 12.4 Å². The van der Waals surface area contributed by atoms with Crippen LogP contribution in [0.1, 0.15) is 44.9 Å². The third kappa shape index (κ3) is 4.82. The summed E-state index contributed by atoms with van der Waals surface area (Å²) < 4.78 is 0. The maximum absolute atomic E-state index is 10.5. The van der Waals surface area contributed by atoms with E-state index < -0.39 is 12.0 Å². The number of rotatable bonds is 3. The summed E-state index contributed by atoms with van der Waals surface area (Å²) in [5.74, 6) is -0.308. The Morgan fingerprint density at radius 2 is 1.79 bits per heavy atom. The molecular weight excluding hydrogens is 202 g/mol. The highest BCUT2D eigenvalue weighted by atomic mass is 35.5. The third-order valence-corrected chi connectivity index (χ3v) is 2.88. The van der Waals surface area contributed by atoms with Crippen molar-refractivity contribution in [1.29, 1.82) is 0 Å². The lowest BCUT2D eigenvalue weighted by molar-refractivity contribution is -0.139. The Morgan fingerprint density at radius 3 is 2.21 bits per heavy atom. The fourth-order valence-electron chi connectivity index (χ4n) is 2.06. The summed E-state index contributed by atoms with van der Waals surface area (Å²) in [7, 11) is 0. The van der Waals surface area contributed by atoms with Gasteiger partial charge in [-0.25, -0.2) is 0 Å². The highest BCUT2D eigenvalue weighted by Gasteiger charge is 2.19. The molecule has 0 heterocycles. The number of hydrogen-bond acceptors (Lipinski definition) is 2. The second-order valence-electron chi connectivity index (χ2n) is 4.04. The van der Waals surface area contributed by atoms with E-state index in [2.05, 4.69) is 0 Å². The number of halogens is 1. The van der Waals surface area contributed by atoms with Crippen LogP contribution in [0, 0.1) is 5.92 Å². The van der Waals surface area contributed by atoms with Gasteiger partial charge >= 0.3 is 5.97 Å². The molecule has 0 bridgehead atoms. The first-order chi connectivity index (χ1) is 6.20. The summed E-state index contributed by atoms with van der Waals surface area (Å²) in [5, 5.41) is 8.66. The van der Waals surface area contributed by atoms with Gasteiger partial charge in [0.25, 0.3) is 0 Å². The number of carbonyl (C=O) groups is 1. The molecule has 1 saturated carbocycles. The number of carboxylic acids is 1. The van der Waals surface area contributed by atoms with Crippen molar-refractivity contribution in [3.8, 4) is 0 Å². The molecule has 0 spiro atoms. The van der Waals surface area contributed by atoms with Crippen molar-refractivity contribution in [2.45, 2.75) is 51.0 Å². The van der Waals surface area contributed by atoms with Crippen LogP contribution in [0.3, 0.4) is 0 Å². The molecule has 0 radical (unpaired) electrons. The molecule has 0 aliphatic heterocycles. The van der Waals surface area contributed by atoms with Gasteiger partial charge in [-0.1, -0.05) is 38.5 Å². The van der Waals surface area contributed by atoms with Gasteiger partial charge in [0.15, 0.2) is 0 Å². The van der Waals surface area contributed by atoms with Crippen LogP contribution in [0.2, 0.25) is 0 Å². The van der Waals surface area contributed by atoms with Crippen LogP contribution in [0.15, 0.2) is 0 Å². The van der Waals surface area contributed by atoms with Crippen LogP contribution in [-0.4, -0.2) is 17.1 Å². The van der Waals surface area contributed by atoms with E-state index >= 15 is 0 Å². The summed E-state index contributed by atoms with van der Waals surface area (Å²) in [6.45, 7) is 0. The Balaban J connectivity index is 0.00000169. The smallest absolute Gasteiger partial charge is 0.320 e. The predicted molar refractivity (Wildman–Crippen MR) is 58.7 cm³/mol. The lowest BCUT2D eigenvalue weighted by Crippen LogP contribution is -2.32. The molecule has 0 aromatic heterocycles. The molecule has 1 atom stereocenters. The molecule has 0 saturated heterocycles. The summed E-state index contributed by atoms with van der Waals surface area (Å²) >= 11 is 0. The SMILES string of the molecule is Cl.N[C@@H](CC1CCCCCC1)C(=O)O. The first-order valence-corrected chi connectivity index (χ1v) is 5.18. The molecule has 0 amide bonds. The normalized spacial score (nSPS) is 20.6. The van der Waals surface area contributed by atoms with E-state index in [9.17, 15) is 4.79 Å². The van der Waals surface area contributed by atoms with Gasteiger partial charge in [0, 0.05) is 0 Å². The van der Waals surface area contributed by atoms with E-state index in [1.54, 1.807) is 0 Å². The Hall–Kier alpha value is -0.280. The van der Waals surface area contributed by atoms with E-state index in [1.165, 1.54) is 38.5 Å². The van der Waals surface area contributed by atoms with Crippen molar-refractivity contribution >= 4 is 18.4 Å². The minimum absolute atomic E-state index is 0. The maximum atomic E-state index is 10.5. The van der Waals surface area contributed by atoms with Gasteiger partial charge in [-0.2, -0.15) is 0 Å². The van der Waals surface area contributed by atoms with Crippen LogP contribution in [0.5, 0.6) is 0 Å². The standard InChI is InChI=1S/C10H19NO2.ClH/c11-9(10(12)13)7-8-5-3-1-2-4-6-8;/h8-9H,1-7,11H2,(H,12,13);1H/t9-;/m0./s1. The second kappa shape index (κ2) is 7.07. The van der Waals surface area contributed by atoms with E-state index in [0.717, 1.165) is 0 Å². The van der Waals surface area contributed by atoms with Crippen molar-refractivity contribution in [2.75, 3.05) is 0 Å². The van der Waals surface area contributed by atoms with Gasteiger partial charge in [-0.05, 0) is 12.3 Å². The molecule has 14 heavy (non-hydrogen) atoms. The Bertz CT molecular complexity index is 168. The number of carboxylic acid groups (broad SMARTS) is 1. The molecule has 0 aromatic carbocycles. The van der Waals surface area contributed by atoms with E-state index in [4.69, 9.17) is 10.8 Å². The highest BCUT2D eigenvalue weighted by molar-refractivity contribution is 5.85. The van der Waals surface area contributed by atoms with Gasteiger partial charge in [0.2, 0.25) is 0 Å². The monoisotopic (exact) mass is 221 g/mol. The fraction of sp³-hybridized carbons (Fsp3) is 0.900. The minimum atomic E-state index is -0.857. The molecule has 1 aliphatic carbocycles. The molecule has 3 N–H and O–H groups in total. The molecule has 1 fully saturated rings. The molecule has 1 aliphatic rings. The zero-order chi connectivity index (χ0) is 9.68. The van der Waals surface area contributed by atoms with Gasteiger partial charge in [0.1, 0.15) is 6.04 Å². The van der Waals surface area contributed by atoms with E-state index in [1.807, 2.05) is 0 Å². The quantitative estimate of drug-likeness (QED) is 0.718. The third-order valence-electron chi connectivity index (χ3n) is 2.88. The largest absolute Gasteiger partial charge is 0.480 e. The summed E-state index contributed by atoms with van der Waals surface area (Å²) in [6.07, 6.45) is 8.10. The summed E-state index contributed by atoms with van der Waals surface area (Å²) in [6, 6.07) is -0.650. The lowest BCUT2D eigenvalue weighted by Gasteiger charge is -2.15. The minimum Gasteiger partial charge on any atom is -0.480 e. The fourth-order valence-corrected chi connectivity index (χ4v) is 2.06. The Morgan fingerprint density at radius 1 is 1.29 bits per heavy atom. The highest BCUT2D eigenvalue weighted by Crippen LogP contribution is 2.25. The van der Waals surface area contributed by atoms with Crippen molar-refractivity contribution in [3.63, 3.8) is 0 Å². The van der Waals surface area contributed by atoms with Crippen molar-refractivity contribution in [1.82, 2.24) is 0 Å². The number of nitrogens with two attached hydrogens (primary N) is 1. The Labute approximate surface area is 91.5 Å². The topological polar surface area (TPSA) is 63.3 Å². The molecule has 1 rings (SSSR count).